The zero-order valence-corrected chi connectivity index (χ0v) is 26.9. The van der Waals surface area contributed by atoms with Gasteiger partial charge >= 0.3 is 0 Å². The van der Waals surface area contributed by atoms with Gasteiger partial charge in [0.05, 0.1) is 17.8 Å². The number of Topliss-reactive ketones (excluding diaryl/α,β-unsaturated/α-hetero) is 1. The largest absolute Gasteiger partial charge is 0.364 e. The van der Waals surface area contributed by atoms with Crippen LogP contribution >= 0.6 is 0 Å². The maximum atomic E-state index is 15.5. The van der Waals surface area contributed by atoms with Gasteiger partial charge in [0.15, 0.2) is 5.78 Å². The summed E-state index contributed by atoms with van der Waals surface area (Å²) in [7, 11) is 1.99. The average Bonchev–Trinajstić information content (AvgIpc) is 3.53. The molecule has 2 heterocycles. The lowest BCUT2D eigenvalue weighted by atomic mass is 9.77. The van der Waals surface area contributed by atoms with Crippen molar-refractivity contribution in [3.05, 3.63) is 47.1 Å². The number of ketones is 1. The lowest BCUT2D eigenvalue weighted by molar-refractivity contribution is -0.137. The fourth-order valence-corrected chi connectivity index (χ4v) is 6.13. The van der Waals surface area contributed by atoms with E-state index in [1.807, 2.05) is 7.05 Å². The molecule has 12 nitrogen and oxygen atoms in total. The van der Waals surface area contributed by atoms with E-state index < -0.39 is 23.7 Å². The molecule has 2 aromatic rings. The Morgan fingerprint density at radius 3 is 2.43 bits per heavy atom. The van der Waals surface area contributed by atoms with Gasteiger partial charge in [0.25, 0.3) is 0 Å². The highest BCUT2D eigenvalue weighted by molar-refractivity contribution is 6.01. The van der Waals surface area contributed by atoms with E-state index in [9.17, 15) is 24.0 Å². The molecule has 13 heteroatoms. The van der Waals surface area contributed by atoms with Crippen LogP contribution in [0.3, 0.4) is 0 Å². The second kappa shape index (κ2) is 16.4. The number of likely N-dealkylation sites (N-methyl/N-ethyl adjacent to an activating group) is 1. The van der Waals surface area contributed by atoms with Crippen molar-refractivity contribution >= 4 is 35.1 Å². The number of aromatic nitrogens is 1. The van der Waals surface area contributed by atoms with Crippen LogP contribution in [0.25, 0.3) is 0 Å². The highest BCUT2D eigenvalue weighted by Gasteiger charge is 2.34. The third kappa shape index (κ3) is 9.44. The molecule has 1 saturated carbocycles. The number of hydrogen-bond acceptors (Lipinski definition) is 8. The molecule has 1 aliphatic heterocycles. The van der Waals surface area contributed by atoms with Gasteiger partial charge in [0.1, 0.15) is 23.8 Å². The highest BCUT2D eigenvalue weighted by atomic mass is 19.1. The van der Waals surface area contributed by atoms with Crippen LogP contribution in [0, 0.1) is 17.7 Å². The van der Waals surface area contributed by atoms with Gasteiger partial charge in [-0.05, 0) is 43.5 Å². The first-order valence-electron chi connectivity index (χ1n) is 16.1. The second-order valence-corrected chi connectivity index (χ2v) is 12.3. The zero-order chi connectivity index (χ0) is 33.2. The molecule has 4 amide bonds. The Labute approximate surface area is 268 Å². The van der Waals surface area contributed by atoms with Gasteiger partial charge in [0.2, 0.25) is 23.6 Å². The quantitative estimate of drug-likeness (QED) is 0.283. The van der Waals surface area contributed by atoms with E-state index in [2.05, 4.69) is 26.0 Å². The molecule has 2 aliphatic rings. The predicted octanol–water partition coefficient (Wildman–Crippen LogP) is 3.07. The molecular formula is C33H45FN6O6. The summed E-state index contributed by atoms with van der Waals surface area (Å²) in [6.45, 7) is 5.63. The van der Waals surface area contributed by atoms with E-state index in [0.29, 0.717) is 18.7 Å². The molecule has 0 unspecified atom stereocenters. The van der Waals surface area contributed by atoms with Crippen molar-refractivity contribution in [3.63, 3.8) is 0 Å². The van der Waals surface area contributed by atoms with Crippen molar-refractivity contribution < 1.29 is 32.9 Å². The van der Waals surface area contributed by atoms with E-state index in [4.69, 9.17) is 4.52 Å². The third-order valence-corrected chi connectivity index (χ3v) is 8.91. The molecule has 0 bridgehead atoms. The maximum absolute atomic E-state index is 15.5. The van der Waals surface area contributed by atoms with Crippen molar-refractivity contribution in [2.75, 3.05) is 38.5 Å². The predicted molar refractivity (Wildman–Crippen MR) is 168 cm³/mol. The number of hydrogen-bond donors (Lipinski definition) is 3. The first-order valence-corrected chi connectivity index (χ1v) is 16.1. The van der Waals surface area contributed by atoms with Gasteiger partial charge in [-0.15, -0.1) is 0 Å². The summed E-state index contributed by atoms with van der Waals surface area (Å²) < 4.78 is 20.5. The number of nitrogens with zero attached hydrogens (tertiary/aromatic N) is 3. The van der Waals surface area contributed by atoms with Crippen LogP contribution < -0.4 is 16.0 Å². The standard InChI is InChI=1S/C33H45FN6O6/c1-4-31(43)36-28(33(45)40-14-12-39(3)13-15-40)17-22-10-11-27(26(34)16-22)37-32(44)24(23-8-6-5-7-9-23)18-30(42)25-20-46-38-29(25)19-35-21(2)41/h10-11,16,20,23-24,28H,4-9,12-15,17-19H2,1-3H3,(H,35,41)(H,36,43)(H,37,44)/t24-,28+/m0/s1. The molecule has 250 valence electrons. The van der Waals surface area contributed by atoms with Crippen molar-refractivity contribution in [2.24, 2.45) is 11.8 Å². The Balaban J connectivity index is 1.47. The number of benzene rings is 1. The Morgan fingerprint density at radius 2 is 1.78 bits per heavy atom. The molecule has 4 rings (SSSR count). The van der Waals surface area contributed by atoms with Crippen molar-refractivity contribution in [1.82, 2.24) is 25.6 Å². The summed E-state index contributed by atoms with van der Waals surface area (Å²) in [4.78, 5) is 67.8. The monoisotopic (exact) mass is 640 g/mol. The van der Waals surface area contributed by atoms with Gasteiger partial charge in [-0.2, -0.15) is 0 Å². The molecule has 2 atom stereocenters. The molecule has 0 spiro atoms. The molecule has 3 N–H and O–H groups in total. The van der Waals surface area contributed by atoms with E-state index in [1.54, 1.807) is 17.9 Å². The minimum Gasteiger partial charge on any atom is -0.364 e. The zero-order valence-electron chi connectivity index (χ0n) is 26.9. The van der Waals surface area contributed by atoms with E-state index in [1.165, 1.54) is 25.3 Å². The second-order valence-electron chi connectivity index (χ2n) is 12.3. The van der Waals surface area contributed by atoms with Crippen molar-refractivity contribution in [2.45, 2.75) is 77.8 Å². The van der Waals surface area contributed by atoms with Crippen LogP contribution in [0.4, 0.5) is 10.1 Å². The third-order valence-electron chi connectivity index (χ3n) is 8.91. The van der Waals surface area contributed by atoms with Crippen LogP contribution in [0.15, 0.2) is 29.0 Å². The SMILES string of the molecule is CCC(=O)N[C@H](Cc1ccc(NC(=O)[C@@H](CC(=O)c2conc2CNC(C)=O)C2CCCCC2)c(F)c1)C(=O)N1CCN(C)CC1. The smallest absolute Gasteiger partial charge is 0.245 e. The Bertz CT molecular complexity index is 1400. The maximum Gasteiger partial charge on any atom is 0.245 e. The lowest BCUT2D eigenvalue weighted by Crippen LogP contribution is -2.54. The van der Waals surface area contributed by atoms with E-state index in [0.717, 1.165) is 45.2 Å². The Hall–Kier alpha value is -4.13. The summed E-state index contributed by atoms with van der Waals surface area (Å²) in [5, 5.41) is 11.9. The Kier molecular flexibility index (Phi) is 12.4. The normalized spacial score (nSPS) is 17.2. The number of carbonyl (C=O) groups excluding carboxylic acids is 5. The molecule has 1 aromatic carbocycles. The first-order chi connectivity index (χ1) is 22.0. The summed E-state index contributed by atoms with van der Waals surface area (Å²) in [6, 6.07) is 3.51. The number of amides is 4. The fraction of sp³-hybridized carbons (Fsp3) is 0.576. The number of piperazine rings is 1. The number of halogens is 1. The molecule has 1 saturated heterocycles. The van der Waals surface area contributed by atoms with E-state index in [-0.39, 0.29) is 72.2 Å². The number of anilines is 1. The summed E-state index contributed by atoms with van der Waals surface area (Å²) in [5.74, 6) is -2.99. The van der Waals surface area contributed by atoms with Crippen LogP contribution in [0.1, 0.15) is 80.4 Å². The van der Waals surface area contributed by atoms with Crippen LogP contribution in [-0.2, 0) is 32.1 Å². The highest BCUT2D eigenvalue weighted by Crippen LogP contribution is 2.34. The molecule has 0 radical (unpaired) electrons. The number of carbonyl (C=O) groups is 5. The number of nitrogens with one attached hydrogen (secondary N) is 3. The van der Waals surface area contributed by atoms with Gasteiger partial charge in [0, 0.05) is 58.3 Å². The topological polar surface area (TPSA) is 154 Å². The fourth-order valence-electron chi connectivity index (χ4n) is 6.13. The van der Waals surface area contributed by atoms with Crippen LogP contribution in [0.2, 0.25) is 0 Å². The molecule has 2 fully saturated rings. The summed E-state index contributed by atoms with van der Waals surface area (Å²) in [6.07, 6.45) is 5.91. The van der Waals surface area contributed by atoms with Gasteiger partial charge in [-0.25, -0.2) is 4.39 Å². The van der Waals surface area contributed by atoms with Crippen LogP contribution in [0.5, 0.6) is 0 Å². The van der Waals surface area contributed by atoms with Crippen molar-refractivity contribution in [3.8, 4) is 0 Å². The summed E-state index contributed by atoms with van der Waals surface area (Å²) in [5.41, 5.74) is 0.952. The molecular weight excluding hydrogens is 595 g/mol. The van der Waals surface area contributed by atoms with Crippen molar-refractivity contribution in [1.29, 1.82) is 0 Å². The molecule has 1 aliphatic carbocycles. The van der Waals surface area contributed by atoms with Gasteiger partial charge < -0.3 is 30.3 Å². The Morgan fingerprint density at radius 1 is 1.07 bits per heavy atom. The van der Waals surface area contributed by atoms with Crippen LogP contribution in [-0.4, -0.2) is 83.6 Å². The minimum atomic E-state index is -0.842. The average molecular weight is 641 g/mol. The minimum absolute atomic E-state index is 0.0225. The van der Waals surface area contributed by atoms with Gasteiger partial charge in [-0.1, -0.05) is 37.4 Å². The van der Waals surface area contributed by atoms with E-state index >= 15 is 4.39 Å². The first kappa shape index (κ1) is 34.7. The summed E-state index contributed by atoms with van der Waals surface area (Å²) >= 11 is 0. The molecule has 46 heavy (non-hydrogen) atoms. The van der Waals surface area contributed by atoms with Gasteiger partial charge in [-0.3, -0.25) is 24.0 Å². The molecule has 1 aromatic heterocycles. The number of rotatable bonds is 13. The lowest BCUT2D eigenvalue weighted by Gasteiger charge is -2.34.